The zero-order chi connectivity index (χ0) is 18.3. The number of rotatable bonds is 2. The Morgan fingerprint density at radius 3 is 2.54 bits per heavy atom. The first kappa shape index (κ1) is 16.8. The van der Waals surface area contributed by atoms with Crippen molar-refractivity contribution in [2.24, 2.45) is 5.92 Å². The van der Waals surface area contributed by atoms with Gasteiger partial charge in [0.1, 0.15) is 11.6 Å². The fourth-order valence-corrected chi connectivity index (χ4v) is 3.85. The molecular formula is C22H25N3O. The second-order valence-corrected chi connectivity index (χ2v) is 7.58. The summed E-state index contributed by atoms with van der Waals surface area (Å²) in [6.45, 7) is 8.27. The van der Waals surface area contributed by atoms with Gasteiger partial charge in [-0.1, -0.05) is 13.0 Å². The predicted molar refractivity (Wildman–Crippen MR) is 107 cm³/mol. The van der Waals surface area contributed by atoms with E-state index >= 15 is 0 Å². The average molecular weight is 347 g/mol. The number of hydrogen-bond donors (Lipinski definition) is 1. The molecule has 1 saturated heterocycles. The van der Waals surface area contributed by atoms with Gasteiger partial charge in [-0.25, -0.2) is 4.98 Å². The number of aromatic nitrogens is 2. The minimum Gasteiger partial charge on any atom is -0.507 e. The molecule has 0 bridgehead atoms. The molecule has 0 amide bonds. The smallest absolute Gasteiger partial charge is 0.147 e. The average Bonchev–Trinajstić information content (AvgIpc) is 2.65. The molecule has 0 saturated carbocycles. The Morgan fingerprint density at radius 2 is 1.81 bits per heavy atom. The second kappa shape index (κ2) is 6.60. The molecule has 2 heterocycles. The lowest BCUT2D eigenvalue weighted by molar-refractivity contribution is 0.444. The largest absolute Gasteiger partial charge is 0.507 e. The summed E-state index contributed by atoms with van der Waals surface area (Å²) in [5.74, 6) is 2.05. The van der Waals surface area contributed by atoms with E-state index in [1.54, 1.807) is 0 Å². The van der Waals surface area contributed by atoms with Crippen molar-refractivity contribution in [1.82, 2.24) is 9.97 Å². The van der Waals surface area contributed by atoms with Crippen molar-refractivity contribution in [3.05, 3.63) is 47.7 Å². The molecule has 1 unspecified atom stereocenters. The number of piperidine rings is 1. The predicted octanol–water partition coefficient (Wildman–Crippen LogP) is 4.86. The van der Waals surface area contributed by atoms with E-state index < -0.39 is 0 Å². The summed E-state index contributed by atoms with van der Waals surface area (Å²) in [5, 5.41) is 10.0. The molecule has 1 aromatic heterocycles. The zero-order valence-electron chi connectivity index (χ0n) is 15.7. The van der Waals surface area contributed by atoms with Gasteiger partial charge in [-0.2, -0.15) is 0 Å². The van der Waals surface area contributed by atoms with Crippen LogP contribution >= 0.6 is 0 Å². The minimum absolute atomic E-state index is 0.371. The number of nitrogens with zero attached hydrogens (tertiary/aromatic N) is 3. The highest BCUT2D eigenvalue weighted by atomic mass is 16.3. The van der Waals surface area contributed by atoms with E-state index in [0.717, 1.165) is 52.2 Å². The van der Waals surface area contributed by atoms with Crippen molar-refractivity contribution >= 4 is 16.9 Å². The van der Waals surface area contributed by atoms with Gasteiger partial charge < -0.3 is 10.0 Å². The van der Waals surface area contributed by atoms with Gasteiger partial charge in [0.05, 0.1) is 17.2 Å². The van der Waals surface area contributed by atoms with Gasteiger partial charge in [-0.3, -0.25) is 4.98 Å². The number of phenols is 1. The van der Waals surface area contributed by atoms with Crippen LogP contribution < -0.4 is 4.90 Å². The van der Waals surface area contributed by atoms with Crippen LogP contribution in [0.4, 0.5) is 5.82 Å². The van der Waals surface area contributed by atoms with Gasteiger partial charge in [0.25, 0.3) is 0 Å². The Balaban J connectivity index is 1.74. The lowest BCUT2D eigenvalue weighted by atomic mass is 9.99. The van der Waals surface area contributed by atoms with Gasteiger partial charge in [0, 0.05) is 13.1 Å². The van der Waals surface area contributed by atoms with Crippen molar-refractivity contribution in [3.8, 4) is 16.9 Å². The molecule has 1 N–H and O–H groups in total. The normalized spacial score (nSPS) is 17.7. The Hall–Kier alpha value is -2.62. The zero-order valence-corrected chi connectivity index (χ0v) is 15.7. The van der Waals surface area contributed by atoms with E-state index in [4.69, 9.17) is 4.98 Å². The first-order valence-corrected chi connectivity index (χ1v) is 9.33. The molecule has 4 rings (SSSR count). The van der Waals surface area contributed by atoms with E-state index in [2.05, 4.69) is 28.9 Å². The maximum atomic E-state index is 10.0. The summed E-state index contributed by atoms with van der Waals surface area (Å²) in [4.78, 5) is 11.9. The Bertz CT molecular complexity index is 944. The molecule has 3 aromatic rings. The molecule has 134 valence electrons. The summed E-state index contributed by atoms with van der Waals surface area (Å²) in [7, 11) is 0. The maximum absolute atomic E-state index is 10.0. The summed E-state index contributed by atoms with van der Waals surface area (Å²) >= 11 is 0. The molecule has 26 heavy (non-hydrogen) atoms. The number of phenolic OH excluding ortho intramolecular Hbond substituents is 1. The van der Waals surface area contributed by atoms with Gasteiger partial charge in [0.15, 0.2) is 0 Å². The highest BCUT2D eigenvalue weighted by Crippen LogP contribution is 2.31. The molecule has 4 nitrogen and oxygen atoms in total. The third-order valence-electron chi connectivity index (χ3n) is 5.33. The Kier molecular flexibility index (Phi) is 4.27. The molecule has 4 heteroatoms. The van der Waals surface area contributed by atoms with Crippen molar-refractivity contribution in [2.45, 2.75) is 33.6 Å². The molecule has 0 radical (unpaired) electrons. The van der Waals surface area contributed by atoms with Gasteiger partial charge in [-0.15, -0.1) is 0 Å². The van der Waals surface area contributed by atoms with Crippen LogP contribution in [0.2, 0.25) is 0 Å². The Labute approximate surface area is 154 Å². The highest BCUT2D eigenvalue weighted by Gasteiger charge is 2.18. The molecular weight excluding hydrogens is 322 g/mol. The number of hydrogen-bond acceptors (Lipinski definition) is 4. The SMILES string of the molecule is Cc1cc(-c2ccc3ncc(N4CCCC(C)C4)nc3c2)cc(C)c1O. The van der Waals surface area contributed by atoms with Crippen molar-refractivity contribution in [2.75, 3.05) is 18.0 Å². The van der Waals surface area contributed by atoms with E-state index in [1.165, 1.54) is 12.8 Å². The lowest BCUT2D eigenvalue weighted by Crippen LogP contribution is -2.34. The third-order valence-corrected chi connectivity index (χ3v) is 5.33. The standard InChI is InChI=1S/C22H25N3O/c1-14-5-4-8-25(13-14)21-12-23-19-7-6-17(11-20(19)24-21)18-9-15(2)22(26)16(3)10-18/h6-7,9-12,14,26H,4-5,8,13H2,1-3H3. The van der Waals surface area contributed by atoms with Gasteiger partial charge in [-0.05, 0) is 79.1 Å². The maximum Gasteiger partial charge on any atom is 0.147 e. The van der Waals surface area contributed by atoms with Gasteiger partial charge in [0.2, 0.25) is 0 Å². The number of anilines is 1. The molecule has 1 aliphatic rings. The van der Waals surface area contributed by atoms with E-state index in [1.807, 2.05) is 38.2 Å². The fraction of sp³-hybridized carbons (Fsp3) is 0.364. The lowest BCUT2D eigenvalue weighted by Gasteiger charge is -2.31. The number of aromatic hydroxyl groups is 1. The molecule has 2 aromatic carbocycles. The minimum atomic E-state index is 0.371. The van der Waals surface area contributed by atoms with Crippen LogP contribution in [0.15, 0.2) is 36.5 Å². The topological polar surface area (TPSA) is 49.2 Å². The molecule has 0 aliphatic carbocycles. The van der Waals surface area contributed by atoms with E-state index in [-0.39, 0.29) is 0 Å². The molecule has 0 spiro atoms. The fourth-order valence-electron chi connectivity index (χ4n) is 3.85. The van der Waals surface area contributed by atoms with Crippen LogP contribution in [0.1, 0.15) is 30.9 Å². The summed E-state index contributed by atoms with van der Waals surface area (Å²) in [5.41, 5.74) is 5.81. The number of aryl methyl sites for hydroxylation is 2. The number of benzene rings is 2. The van der Waals surface area contributed by atoms with Crippen molar-refractivity contribution < 1.29 is 5.11 Å². The molecule has 1 atom stereocenters. The van der Waals surface area contributed by atoms with Crippen LogP contribution in [0.3, 0.4) is 0 Å². The summed E-state index contributed by atoms with van der Waals surface area (Å²) < 4.78 is 0. The first-order chi connectivity index (χ1) is 12.5. The third kappa shape index (κ3) is 3.12. The van der Waals surface area contributed by atoms with Gasteiger partial charge >= 0.3 is 0 Å². The van der Waals surface area contributed by atoms with Crippen LogP contribution in [0.25, 0.3) is 22.2 Å². The van der Waals surface area contributed by atoms with Crippen LogP contribution in [0, 0.1) is 19.8 Å². The molecule has 1 fully saturated rings. The summed E-state index contributed by atoms with van der Waals surface area (Å²) in [6.07, 6.45) is 4.41. The number of fused-ring (bicyclic) bond motifs is 1. The van der Waals surface area contributed by atoms with E-state index in [9.17, 15) is 5.11 Å². The first-order valence-electron chi connectivity index (χ1n) is 9.33. The molecule has 1 aliphatic heterocycles. The Morgan fingerprint density at radius 1 is 1.04 bits per heavy atom. The quantitative estimate of drug-likeness (QED) is 0.719. The van der Waals surface area contributed by atoms with Crippen LogP contribution in [0.5, 0.6) is 5.75 Å². The van der Waals surface area contributed by atoms with E-state index in [0.29, 0.717) is 11.7 Å². The second-order valence-electron chi connectivity index (χ2n) is 7.58. The highest BCUT2D eigenvalue weighted by molar-refractivity contribution is 5.82. The van der Waals surface area contributed by atoms with Crippen LogP contribution in [-0.4, -0.2) is 28.2 Å². The van der Waals surface area contributed by atoms with Crippen molar-refractivity contribution in [3.63, 3.8) is 0 Å². The van der Waals surface area contributed by atoms with Crippen LogP contribution in [-0.2, 0) is 0 Å². The summed E-state index contributed by atoms with van der Waals surface area (Å²) in [6, 6.07) is 10.2. The van der Waals surface area contributed by atoms with Crippen molar-refractivity contribution in [1.29, 1.82) is 0 Å². The monoisotopic (exact) mass is 347 g/mol.